The van der Waals surface area contributed by atoms with Crippen LogP contribution in [-0.4, -0.2) is 18.2 Å². The molecule has 0 amide bonds. The van der Waals surface area contributed by atoms with Gasteiger partial charge in [0.1, 0.15) is 17.9 Å². The maximum absolute atomic E-state index is 13.1. The SMILES string of the molecule is C/C=C\c1cc(C(F)(F)F)c(OCCOCc2ccccc2)cn1. The van der Waals surface area contributed by atoms with Crippen LogP contribution in [0, 0.1) is 0 Å². The lowest BCUT2D eigenvalue weighted by molar-refractivity contribution is -0.139. The first-order chi connectivity index (χ1) is 11.5. The van der Waals surface area contributed by atoms with Crippen LogP contribution in [-0.2, 0) is 17.5 Å². The molecule has 1 aromatic heterocycles. The maximum atomic E-state index is 13.1. The molecule has 0 bridgehead atoms. The Hall–Kier alpha value is -2.34. The normalized spacial score (nSPS) is 11.8. The highest BCUT2D eigenvalue weighted by Gasteiger charge is 2.35. The van der Waals surface area contributed by atoms with E-state index in [-0.39, 0.29) is 24.7 Å². The van der Waals surface area contributed by atoms with Crippen molar-refractivity contribution in [3.05, 3.63) is 65.5 Å². The molecule has 3 nitrogen and oxygen atoms in total. The molecule has 0 aliphatic heterocycles. The summed E-state index contributed by atoms with van der Waals surface area (Å²) in [7, 11) is 0. The zero-order valence-electron chi connectivity index (χ0n) is 13.2. The van der Waals surface area contributed by atoms with Gasteiger partial charge in [0.25, 0.3) is 0 Å². The Labute approximate surface area is 138 Å². The molecule has 1 heterocycles. The number of ether oxygens (including phenoxy) is 2. The van der Waals surface area contributed by atoms with Crippen LogP contribution in [0.25, 0.3) is 6.08 Å². The van der Waals surface area contributed by atoms with Crippen molar-refractivity contribution in [3.63, 3.8) is 0 Å². The summed E-state index contributed by atoms with van der Waals surface area (Å²) in [5.41, 5.74) is 0.386. The van der Waals surface area contributed by atoms with Gasteiger partial charge in [0.2, 0.25) is 0 Å². The minimum atomic E-state index is -4.50. The van der Waals surface area contributed by atoms with E-state index in [2.05, 4.69) is 4.98 Å². The standard InChI is InChI=1S/C18H18F3NO2/c1-2-6-15-11-16(18(19,20)21)17(12-22-15)24-10-9-23-13-14-7-4-3-5-8-14/h2-8,11-12H,9-10,13H2,1H3/b6-2-. The summed E-state index contributed by atoms with van der Waals surface area (Å²) in [5, 5.41) is 0. The number of alkyl halides is 3. The highest BCUT2D eigenvalue weighted by Crippen LogP contribution is 2.36. The molecule has 6 heteroatoms. The second kappa shape index (κ2) is 8.49. The Morgan fingerprint density at radius 1 is 1.12 bits per heavy atom. The second-order valence-electron chi connectivity index (χ2n) is 4.99. The minimum Gasteiger partial charge on any atom is -0.489 e. The van der Waals surface area contributed by atoms with E-state index in [1.807, 2.05) is 30.3 Å². The molecule has 0 radical (unpaired) electrons. The van der Waals surface area contributed by atoms with Gasteiger partial charge in [0.15, 0.2) is 0 Å². The molecule has 0 unspecified atom stereocenters. The maximum Gasteiger partial charge on any atom is 0.420 e. The van der Waals surface area contributed by atoms with Crippen molar-refractivity contribution < 1.29 is 22.6 Å². The minimum absolute atomic E-state index is 0.0144. The summed E-state index contributed by atoms with van der Waals surface area (Å²) in [4.78, 5) is 3.94. The largest absolute Gasteiger partial charge is 0.489 e. The molecule has 2 aromatic rings. The summed E-state index contributed by atoms with van der Waals surface area (Å²) in [6.45, 7) is 2.29. The van der Waals surface area contributed by atoms with Crippen LogP contribution in [0.4, 0.5) is 13.2 Å². The summed E-state index contributed by atoms with van der Waals surface area (Å²) in [6.07, 6.45) is -0.280. The topological polar surface area (TPSA) is 31.4 Å². The van der Waals surface area contributed by atoms with Gasteiger partial charge in [-0.3, -0.25) is 4.98 Å². The molecular formula is C18H18F3NO2. The average Bonchev–Trinajstić information content (AvgIpc) is 2.56. The van der Waals surface area contributed by atoms with Crippen LogP contribution in [0.3, 0.4) is 0 Å². The molecule has 1 aromatic carbocycles. The monoisotopic (exact) mass is 337 g/mol. The predicted molar refractivity (Wildman–Crippen MR) is 85.5 cm³/mol. The van der Waals surface area contributed by atoms with Gasteiger partial charge in [0.05, 0.1) is 25.1 Å². The zero-order chi connectivity index (χ0) is 17.4. The quantitative estimate of drug-likeness (QED) is 0.685. The third-order valence-electron chi connectivity index (χ3n) is 3.13. The van der Waals surface area contributed by atoms with Crippen molar-refractivity contribution in [2.75, 3.05) is 13.2 Å². The van der Waals surface area contributed by atoms with Crippen molar-refractivity contribution in [2.24, 2.45) is 0 Å². The molecule has 0 aliphatic carbocycles. The van der Waals surface area contributed by atoms with Gasteiger partial charge < -0.3 is 9.47 Å². The summed E-state index contributed by atoms with van der Waals surface area (Å²) in [5.74, 6) is -0.293. The number of hydrogen-bond donors (Lipinski definition) is 0. The molecule has 0 saturated heterocycles. The molecule has 0 aliphatic rings. The highest BCUT2D eigenvalue weighted by molar-refractivity contribution is 5.48. The Morgan fingerprint density at radius 2 is 1.88 bits per heavy atom. The van der Waals surface area contributed by atoms with Gasteiger partial charge in [-0.05, 0) is 24.6 Å². The number of benzene rings is 1. The molecule has 128 valence electrons. The zero-order valence-corrected chi connectivity index (χ0v) is 13.2. The number of nitrogens with zero attached hydrogens (tertiary/aromatic N) is 1. The first-order valence-corrected chi connectivity index (χ1v) is 7.45. The van der Waals surface area contributed by atoms with E-state index >= 15 is 0 Å². The van der Waals surface area contributed by atoms with Crippen molar-refractivity contribution in [3.8, 4) is 5.75 Å². The number of halogens is 3. The Balaban J connectivity index is 1.91. The highest BCUT2D eigenvalue weighted by atomic mass is 19.4. The lowest BCUT2D eigenvalue weighted by Gasteiger charge is -2.14. The van der Waals surface area contributed by atoms with Crippen molar-refractivity contribution in [1.82, 2.24) is 4.98 Å². The van der Waals surface area contributed by atoms with E-state index in [1.165, 1.54) is 6.08 Å². The number of hydrogen-bond acceptors (Lipinski definition) is 3. The molecule has 2 rings (SSSR count). The van der Waals surface area contributed by atoms with Gasteiger partial charge in [-0.15, -0.1) is 0 Å². The average molecular weight is 337 g/mol. The lowest BCUT2D eigenvalue weighted by atomic mass is 10.2. The lowest BCUT2D eigenvalue weighted by Crippen LogP contribution is -2.13. The van der Waals surface area contributed by atoms with Gasteiger partial charge >= 0.3 is 6.18 Å². The summed E-state index contributed by atoms with van der Waals surface area (Å²) in [6, 6.07) is 10.5. The van der Waals surface area contributed by atoms with Crippen LogP contribution in [0.2, 0.25) is 0 Å². The van der Waals surface area contributed by atoms with E-state index in [4.69, 9.17) is 9.47 Å². The Bertz CT molecular complexity index is 670. The molecule has 0 N–H and O–H groups in total. The van der Waals surface area contributed by atoms with Crippen LogP contribution in [0.15, 0.2) is 48.7 Å². The van der Waals surface area contributed by atoms with E-state index < -0.39 is 11.7 Å². The number of aromatic nitrogens is 1. The van der Waals surface area contributed by atoms with E-state index in [0.29, 0.717) is 6.61 Å². The fourth-order valence-electron chi connectivity index (χ4n) is 2.03. The molecule has 0 atom stereocenters. The summed E-state index contributed by atoms with van der Waals surface area (Å²) >= 11 is 0. The van der Waals surface area contributed by atoms with Crippen LogP contribution in [0.1, 0.15) is 23.7 Å². The second-order valence-corrected chi connectivity index (χ2v) is 4.99. The third kappa shape index (κ3) is 5.38. The first kappa shape index (κ1) is 18.0. The molecule has 0 fully saturated rings. The van der Waals surface area contributed by atoms with Crippen LogP contribution < -0.4 is 4.74 Å². The predicted octanol–water partition coefficient (Wildman–Crippen LogP) is 4.73. The van der Waals surface area contributed by atoms with Crippen LogP contribution >= 0.6 is 0 Å². The van der Waals surface area contributed by atoms with E-state index in [9.17, 15) is 13.2 Å². The number of allylic oxidation sites excluding steroid dienone is 1. The van der Waals surface area contributed by atoms with Gasteiger partial charge in [0, 0.05) is 0 Å². The Kier molecular flexibility index (Phi) is 6.37. The van der Waals surface area contributed by atoms with Gasteiger partial charge in [-0.2, -0.15) is 13.2 Å². The van der Waals surface area contributed by atoms with E-state index in [1.54, 1.807) is 13.0 Å². The number of rotatable bonds is 7. The van der Waals surface area contributed by atoms with E-state index in [0.717, 1.165) is 17.8 Å². The van der Waals surface area contributed by atoms with Crippen LogP contribution in [0.5, 0.6) is 5.75 Å². The van der Waals surface area contributed by atoms with Crippen molar-refractivity contribution >= 4 is 6.08 Å². The Morgan fingerprint density at radius 3 is 2.54 bits per heavy atom. The third-order valence-corrected chi connectivity index (χ3v) is 3.13. The van der Waals surface area contributed by atoms with Crippen molar-refractivity contribution in [1.29, 1.82) is 0 Å². The number of pyridine rings is 1. The fourth-order valence-corrected chi connectivity index (χ4v) is 2.03. The smallest absolute Gasteiger partial charge is 0.420 e. The molecule has 0 spiro atoms. The molecular weight excluding hydrogens is 319 g/mol. The molecule has 24 heavy (non-hydrogen) atoms. The fraction of sp³-hybridized carbons (Fsp3) is 0.278. The summed E-state index contributed by atoms with van der Waals surface area (Å²) < 4.78 is 49.9. The molecule has 0 saturated carbocycles. The first-order valence-electron chi connectivity index (χ1n) is 7.45. The van der Waals surface area contributed by atoms with Gasteiger partial charge in [-0.1, -0.05) is 36.4 Å². The van der Waals surface area contributed by atoms with Crippen molar-refractivity contribution in [2.45, 2.75) is 19.7 Å². The van der Waals surface area contributed by atoms with Gasteiger partial charge in [-0.25, -0.2) is 0 Å².